The van der Waals surface area contributed by atoms with E-state index in [1.54, 1.807) is 0 Å². The molecule has 5 heteroatoms. The van der Waals surface area contributed by atoms with Gasteiger partial charge in [0.05, 0.1) is 5.92 Å². The number of aryl methyl sites for hydroxylation is 1. The first-order valence-electron chi connectivity index (χ1n) is 7.28. The maximum Gasteiger partial charge on any atom is 0.308 e. The van der Waals surface area contributed by atoms with Crippen LogP contribution < -0.4 is 10.1 Å². The van der Waals surface area contributed by atoms with Crippen molar-refractivity contribution in [2.45, 2.75) is 38.6 Å². The molecule has 2 atom stereocenters. The highest BCUT2D eigenvalue weighted by atomic mass is 16.5. The zero-order valence-electron chi connectivity index (χ0n) is 12.2. The highest BCUT2D eigenvalue weighted by Crippen LogP contribution is 2.24. The summed E-state index contributed by atoms with van der Waals surface area (Å²) in [6.45, 7) is 1.89. The molecule has 0 radical (unpaired) electrons. The van der Waals surface area contributed by atoms with E-state index in [4.69, 9.17) is 4.74 Å². The summed E-state index contributed by atoms with van der Waals surface area (Å²) in [7, 11) is 0. The van der Waals surface area contributed by atoms with Crippen molar-refractivity contribution in [3.8, 4) is 5.75 Å². The molecule has 1 amide bonds. The molecular weight excluding hydrogens is 270 g/mol. The number of benzene rings is 1. The average Bonchev–Trinajstić information content (AvgIpc) is 2.47. The summed E-state index contributed by atoms with van der Waals surface area (Å²) < 4.78 is 5.40. The Morgan fingerprint density at radius 1 is 1.24 bits per heavy atom. The van der Waals surface area contributed by atoms with Crippen molar-refractivity contribution in [1.82, 2.24) is 5.32 Å². The van der Waals surface area contributed by atoms with Crippen LogP contribution in [-0.2, 0) is 9.59 Å². The van der Waals surface area contributed by atoms with Crippen molar-refractivity contribution < 1.29 is 19.4 Å². The molecule has 5 nitrogen and oxygen atoms in total. The minimum Gasteiger partial charge on any atom is -0.484 e. The second-order valence-corrected chi connectivity index (χ2v) is 5.50. The number of carboxylic acid groups (broad SMARTS) is 1. The summed E-state index contributed by atoms with van der Waals surface area (Å²) in [5.41, 5.74) is 1.12. The summed E-state index contributed by atoms with van der Waals surface area (Å²) in [6.07, 6.45) is 3.20. The third-order valence-corrected chi connectivity index (χ3v) is 3.82. The van der Waals surface area contributed by atoms with E-state index in [0.717, 1.165) is 18.4 Å². The molecule has 2 N–H and O–H groups in total. The van der Waals surface area contributed by atoms with Crippen LogP contribution in [0.3, 0.4) is 0 Å². The number of carboxylic acids is 1. The lowest BCUT2D eigenvalue weighted by atomic mass is 9.84. The first-order chi connectivity index (χ1) is 10.1. The lowest BCUT2D eigenvalue weighted by Gasteiger charge is -2.29. The smallest absolute Gasteiger partial charge is 0.308 e. The second-order valence-electron chi connectivity index (χ2n) is 5.50. The van der Waals surface area contributed by atoms with Gasteiger partial charge in [0.15, 0.2) is 6.61 Å². The number of hydrogen-bond donors (Lipinski definition) is 2. The highest BCUT2D eigenvalue weighted by Gasteiger charge is 2.31. The molecule has 2 unspecified atom stereocenters. The number of ether oxygens (including phenoxy) is 1. The van der Waals surface area contributed by atoms with Crippen molar-refractivity contribution >= 4 is 11.9 Å². The minimum absolute atomic E-state index is 0.0914. The first-order valence-corrected chi connectivity index (χ1v) is 7.28. The third-order valence-electron chi connectivity index (χ3n) is 3.82. The zero-order chi connectivity index (χ0) is 15.2. The number of amides is 1. The fraction of sp³-hybridized carbons (Fsp3) is 0.500. The Kier molecular flexibility index (Phi) is 5.20. The van der Waals surface area contributed by atoms with Gasteiger partial charge in [-0.05, 0) is 31.9 Å². The molecule has 0 spiro atoms. The van der Waals surface area contributed by atoms with Gasteiger partial charge in [0.25, 0.3) is 5.91 Å². The topological polar surface area (TPSA) is 75.6 Å². The van der Waals surface area contributed by atoms with Crippen LogP contribution in [0.5, 0.6) is 5.75 Å². The third kappa shape index (κ3) is 4.48. The molecule has 0 aromatic heterocycles. The molecule has 1 aromatic rings. The van der Waals surface area contributed by atoms with Gasteiger partial charge in [-0.3, -0.25) is 9.59 Å². The summed E-state index contributed by atoms with van der Waals surface area (Å²) in [5.74, 6) is -0.954. The van der Waals surface area contributed by atoms with Gasteiger partial charge in [-0.15, -0.1) is 0 Å². The number of nitrogens with one attached hydrogen (secondary N) is 1. The Balaban J connectivity index is 1.83. The fourth-order valence-corrected chi connectivity index (χ4v) is 2.63. The van der Waals surface area contributed by atoms with Gasteiger partial charge in [0.1, 0.15) is 5.75 Å². The Morgan fingerprint density at radius 2 is 1.90 bits per heavy atom. The molecule has 0 aliphatic heterocycles. The zero-order valence-corrected chi connectivity index (χ0v) is 12.2. The van der Waals surface area contributed by atoms with E-state index in [1.807, 2.05) is 31.2 Å². The van der Waals surface area contributed by atoms with Crippen LogP contribution in [0.25, 0.3) is 0 Å². The maximum atomic E-state index is 11.9. The molecule has 2 rings (SSSR count). The minimum atomic E-state index is -0.834. The van der Waals surface area contributed by atoms with Gasteiger partial charge in [0.2, 0.25) is 0 Å². The first kappa shape index (κ1) is 15.4. The maximum absolute atomic E-state index is 11.9. The number of hydrogen-bond acceptors (Lipinski definition) is 3. The molecule has 1 saturated carbocycles. The number of carbonyl (C=O) groups excluding carboxylic acids is 1. The molecular formula is C16H21NO4. The number of rotatable bonds is 5. The standard InChI is InChI=1S/C16H21NO4/c1-11-6-8-12(9-7-11)21-10-15(18)17-14-5-3-2-4-13(14)16(19)20/h6-9,13-14H,2-5,10H2,1H3,(H,17,18)(H,19,20). The van der Waals surface area contributed by atoms with Gasteiger partial charge in [-0.1, -0.05) is 30.5 Å². The molecule has 1 aromatic carbocycles. The monoisotopic (exact) mass is 291 g/mol. The van der Waals surface area contributed by atoms with Crippen LogP contribution in [0.2, 0.25) is 0 Å². The van der Waals surface area contributed by atoms with Crippen LogP contribution in [-0.4, -0.2) is 29.6 Å². The Labute approximate surface area is 124 Å². The van der Waals surface area contributed by atoms with Crippen molar-refractivity contribution in [2.75, 3.05) is 6.61 Å². The normalized spacial score (nSPS) is 21.6. The molecule has 0 heterocycles. The van der Waals surface area contributed by atoms with Crippen LogP contribution in [0.4, 0.5) is 0 Å². The number of carbonyl (C=O) groups is 2. The van der Waals surface area contributed by atoms with Crippen molar-refractivity contribution in [2.24, 2.45) is 5.92 Å². The van der Waals surface area contributed by atoms with E-state index in [9.17, 15) is 14.7 Å². The van der Waals surface area contributed by atoms with Gasteiger partial charge < -0.3 is 15.2 Å². The van der Waals surface area contributed by atoms with E-state index in [0.29, 0.717) is 18.6 Å². The Bertz CT molecular complexity index is 498. The molecule has 1 aliphatic rings. The van der Waals surface area contributed by atoms with Crippen LogP contribution in [0.1, 0.15) is 31.2 Å². The van der Waals surface area contributed by atoms with Crippen molar-refractivity contribution in [1.29, 1.82) is 0 Å². The Morgan fingerprint density at radius 3 is 2.57 bits per heavy atom. The SMILES string of the molecule is Cc1ccc(OCC(=O)NC2CCCCC2C(=O)O)cc1. The molecule has 0 bridgehead atoms. The summed E-state index contributed by atoms with van der Waals surface area (Å²) in [5, 5.41) is 12.0. The van der Waals surface area contributed by atoms with Crippen LogP contribution >= 0.6 is 0 Å². The van der Waals surface area contributed by atoms with Gasteiger partial charge in [-0.25, -0.2) is 0 Å². The van der Waals surface area contributed by atoms with Gasteiger partial charge in [-0.2, -0.15) is 0 Å². The predicted octanol–water partition coefficient (Wildman–Crippen LogP) is 2.13. The molecule has 1 aliphatic carbocycles. The van der Waals surface area contributed by atoms with Crippen LogP contribution in [0, 0.1) is 12.8 Å². The fourth-order valence-electron chi connectivity index (χ4n) is 2.63. The molecule has 114 valence electrons. The molecule has 21 heavy (non-hydrogen) atoms. The quantitative estimate of drug-likeness (QED) is 0.871. The second kappa shape index (κ2) is 7.11. The lowest BCUT2D eigenvalue weighted by molar-refractivity contribution is -0.144. The summed E-state index contributed by atoms with van der Waals surface area (Å²) >= 11 is 0. The predicted molar refractivity (Wildman–Crippen MR) is 78.2 cm³/mol. The summed E-state index contributed by atoms with van der Waals surface area (Å²) in [6, 6.07) is 7.15. The average molecular weight is 291 g/mol. The van der Waals surface area contributed by atoms with Crippen molar-refractivity contribution in [3.63, 3.8) is 0 Å². The lowest BCUT2D eigenvalue weighted by Crippen LogP contribution is -2.46. The molecule has 1 fully saturated rings. The molecule has 0 saturated heterocycles. The Hall–Kier alpha value is -2.04. The van der Waals surface area contributed by atoms with Crippen LogP contribution in [0.15, 0.2) is 24.3 Å². The summed E-state index contributed by atoms with van der Waals surface area (Å²) in [4.78, 5) is 23.1. The van der Waals surface area contributed by atoms with Crippen molar-refractivity contribution in [3.05, 3.63) is 29.8 Å². The van der Waals surface area contributed by atoms with E-state index in [-0.39, 0.29) is 18.6 Å². The van der Waals surface area contributed by atoms with E-state index >= 15 is 0 Å². The van der Waals surface area contributed by atoms with E-state index in [2.05, 4.69) is 5.32 Å². The van der Waals surface area contributed by atoms with Gasteiger partial charge in [0, 0.05) is 6.04 Å². The highest BCUT2D eigenvalue weighted by molar-refractivity contribution is 5.79. The van der Waals surface area contributed by atoms with E-state index < -0.39 is 11.9 Å². The van der Waals surface area contributed by atoms with Gasteiger partial charge >= 0.3 is 5.97 Å². The van der Waals surface area contributed by atoms with E-state index in [1.165, 1.54) is 0 Å². The largest absolute Gasteiger partial charge is 0.484 e. The number of aliphatic carboxylic acids is 1.